The molecule has 0 aliphatic carbocycles. The Balaban J connectivity index is 0.00000300. The molecule has 164 valence electrons. The van der Waals surface area contributed by atoms with Crippen LogP contribution in [0.25, 0.3) is 0 Å². The highest BCUT2D eigenvalue weighted by Crippen LogP contribution is 2.14. The third kappa shape index (κ3) is 6.92. The van der Waals surface area contributed by atoms with Crippen LogP contribution < -0.4 is 10.2 Å². The highest BCUT2D eigenvalue weighted by Gasteiger charge is 2.25. The molecule has 9 heteroatoms. The van der Waals surface area contributed by atoms with Crippen molar-refractivity contribution in [1.29, 1.82) is 0 Å². The van der Waals surface area contributed by atoms with Crippen LogP contribution in [0.5, 0.6) is 0 Å². The van der Waals surface area contributed by atoms with Gasteiger partial charge in [0.1, 0.15) is 0 Å². The lowest BCUT2D eigenvalue weighted by Crippen LogP contribution is -2.53. The van der Waals surface area contributed by atoms with Gasteiger partial charge in [0.2, 0.25) is 5.95 Å². The Morgan fingerprint density at radius 3 is 2.34 bits per heavy atom. The average molecular weight is 517 g/mol. The van der Waals surface area contributed by atoms with Gasteiger partial charge in [0.15, 0.2) is 5.96 Å². The maximum atomic E-state index is 5.52. The number of piperazine rings is 1. The van der Waals surface area contributed by atoms with E-state index in [2.05, 4.69) is 50.8 Å². The standard InChI is InChI=1S/C20H35N7O.HI/c1-4-21-19(24-16-18(17(2)3)25-12-14-28-15-13-25)26-8-10-27(11-9-26)20-22-6-5-7-23-20;/h5-7,17-18H,4,8-16H2,1-3H3,(H,21,24);1H. The van der Waals surface area contributed by atoms with E-state index < -0.39 is 0 Å². The number of nitrogens with zero attached hydrogens (tertiary/aromatic N) is 6. The first kappa shape index (κ1) is 24.1. The first-order valence-electron chi connectivity index (χ1n) is 10.6. The van der Waals surface area contributed by atoms with E-state index >= 15 is 0 Å². The molecule has 2 aliphatic heterocycles. The Hall–Kier alpha value is -1.20. The van der Waals surface area contributed by atoms with Gasteiger partial charge < -0.3 is 19.9 Å². The zero-order valence-corrected chi connectivity index (χ0v) is 20.3. The third-order valence-corrected chi connectivity index (χ3v) is 5.46. The number of aromatic nitrogens is 2. The minimum absolute atomic E-state index is 0. The molecule has 29 heavy (non-hydrogen) atoms. The number of hydrogen-bond acceptors (Lipinski definition) is 6. The predicted octanol–water partition coefficient (Wildman–Crippen LogP) is 1.54. The quantitative estimate of drug-likeness (QED) is 0.349. The molecule has 2 saturated heterocycles. The van der Waals surface area contributed by atoms with Crippen LogP contribution in [0.2, 0.25) is 0 Å². The van der Waals surface area contributed by atoms with Gasteiger partial charge in [0.25, 0.3) is 0 Å². The Labute approximate surface area is 192 Å². The topological polar surface area (TPSA) is 69.1 Å². The van der Waals surface area contributed by atoms with Gasteiger partial charge in [-0.25, -0.2) is 9.97 Å². The fourth-order valence-electron chi connectivity index (χ4n) is 3.84. The summed E-state index contributed by atoms with van der Waals surface area (Å²) >= 11 is 0. The van der Waals surface area contributed by atoms with Crippen LogP contribution in [0.4, 0.5) is 5.95 Å². The fraction of sp³-hybridized carbons (Fsp3) is 0.750. The van der Waals surface area contributed by atoms with Crippen LogP contribution in [0, 0.1) is 5.92 Å². The number of hydrogen-bond donors (Lipinski definition) is 1. The molecule has 0 aromatic carbocycles. The van der Waals surface area contributed by atoms with Gasteiger partial charge >= 0.3 is 0 Å². The molecule has 0 saturated carbocycles. The number of guanidine groups is 1. The average Bonchev–Trinajstić information content (AvgIpc) is 2.74. The molecule has 1 aromatic rings. The number of rotatable bonds is 6. The molecule has 1 unspecified atom stereocenters. The summed E-state index contributed by atoms with van der Waals surface area (Å²) in [6.45, 7) is 15.8. The van der Waals surface area contributed by atoms with Crippen LogP contribution in [0.3, 0.4) is 0 Å². The van der Waals surface area contributed by atoms with Gasteiger partial charge in [0.05, 0.1) is 19.8 Å². The smallest absolute Gasteiger partial charge is 0.225 e. The summed E-state index contributed by atoms with van der Waals surface area (Å²) in [5.74, 6) is 2.41. The molecule has 3 rings (SSSR count). The molecule has 0 spiro atoms. The Kier molecular flexibility index (Phi) is 10.4. The second-order valence-corrected chi connectivity index (χ2v) is 7.68. The van der Waals surface area contributed by atoms with Gasteiger partial charge in [0, 0.05) is 64.2 Å². The number of morpholine rings is 1. The summed E-state index contributed by atoms with van der Waals surface area (Å²) < 4.78 is 5.52. The number of ether oxygens (including phenoxy) is 1. The van der Waals surface area contributed by atoms with Crippen molar-refractivity contribution in [2.75, 3.05) is 70.5 Å². The number of nitrogens with one attached hydrogen (secondary N) is 1. The molecule has 3 heterocycles. The van der Waals surface area contributed by atoms with Crippen LogP contribution in [-0.4, -0.2) is 97.3 Å². The second-order valence-electron chi connectivity index (χ2n) is 7.68. The zero-order chi connectivity index (χ0) is 19.8. The van der Waals surface area contributed by atoms with Crippen LogP contribution in [-0.2, 0) is 4.74 Å². The second kappa shape index (κ2) is 12.5. The maximum Gasteiger partial charge on any atom is 0.225 e. The molecular formula is C20H36IN7O. The van der Waals surface area contributed by atoms with Gasteiger partial charge in [-0.15, -0.1) is 24.0 Å². The summed E-state index contributed by atoms with van der Waals surface area (Å²) in [7, 11) is 0. The van der Waals surface area contributed by atoms with Crippen molar-refractivity contribution in [1.82, 2.24) is 25.1 Å². The van der Waals surface area contributed by atoms with Crippen molar-refractivity contribution in [3.05, 3.63) is 18.5 Å². The fourth-order valence-corrected chi connectivity index (χ4v) is 3.84. The Morgan fingerprint density at radius 1 is 1.10 bits per heavy atom. The Bertz CT molecular complexity index is 602. The summed E-state index contributed by atoms with van der Waals surface area (Å²) in [5.41, 5.74) is 0. The maximum absolute atomic E-state index is 5.52. The van der Waals surface area contributed by atoms with E-state index in [-0.39, 0.29) is 24.0 Å². The van der Waals surface area contributed by atoms with E-state index in [4.69, 9.17) is 9.73 Å². The molecule has 0 bridgehead atoms. The van der Waals surface area contributed by atoms with Crippen molar-refractivity contribution < 1.29 is 4.74 Å². The Morgan fingerprint density at radius 2 is 1.76 bits per heavy atom. The highest BCUT2D eigenvalue weighted by atomic mass is 127. The molecule has 0 amide bonds. The van der Waals surface area contributed by atoms with Gasteiger partial charge in [-0.3, -0.25) is 9.89 Å². The molecule has 0 radical (unpaired) electrons. The van der Waals surface area contributed by atoms with Crippen molar-refractivity contribution in [3.63, 3.8) is 0 Å². The molecule has 2 aliphatic rings. The van der Waals surface area contributed by atoms with Gasteiger partial charge in [-0.1, -0.05) is 13.8 Å². The predicted molar refractivity (Wildman–Crippen MR) is 128 cm³/mol. The summed E-state index contributed by atoms with van der Waals surface area (Å²) in [4.78, 5) is 20.9. The molecule has 1 atom stereocenters. The summed E-state index contributed by atoms with van der Waals surface area (Å²) in [6.07, 6.45) is 3.61. The molecule has 8 nitrogen and oxygen atoms in total. The lowest BCUT2D eigenvalue weighted by Gasteiger charge is -2.38. The SMILES string of the molecule is CCNC(=NCC(C(C)C)N1CCOCC1)N1CCN(c2ncccn2)CC1.I. The van der Waals surface area contributed by atoms with Crippen LogP contribution in [0.15, 0.2) is 23.5 Å². The lowest BCUT2D eigenvalue weighted by atomic mass is 10.0. The van der Waals surface area contributed by atoms with Crippen LogP contribution in [0.1, 0.15) is 20.8 Å². The first-order valence-corrected chi connectivity index (χ1v) is 10.6. The van der Waals surface area contributed by atoms with E-state index in [1.54, 1.807) is 12.4 Å². The normalized spacial score (nSPS) is 19.8. The minimum Gasteiger partial charge on any atom is -0.379 e. The number of anilines is 1. The van der Waals surface area contributed by atoms with E-state index in [1.165, 1.54) is 0 Å². The van der Waals surface area contributed by atoms with Crippen molar-refractivity contribution in [2.45, 2.75) is 26.8 Å². The molecule has 1 N–H and O–H groups in total. The van der Waals surface area contributed by atoms with E-state index in [0.29, 0.717) is 12.0 Å². The summed E-state index contributed by atoms with van der Waals surface area (Å²) in [6, 6.07) is 2.31. The van der Waals surface area contributed by atoms with E-state index in [9.17, 15) is 0 Å². The van der Waals surface area contributed by atoms with Crippen molar-refractivity contribution >= 4 is 35.9 Å². The van der Waals surface area contributed by atoms with Crippen molar-refractivity contribution in [2.24, 2.45) is 10.9 Å². The van der Waals surface area contributed by atoms with Crippen molar-refractivity contribution in [3.8, 4) is 0 Å². The van der Waals surface area contributed by atoms with Crippen LogP contribution >= 0.6 is 24.0 Å². The highest BCUT2D eigenvalue weighted by molar-refractivity contribution is 14.0. The molecular weight excluding hydrogens is 481 g/mol. The zero-order valence-electron chi connectivity index (χ0n) is 18.0. The molecule has 1 aromatic heterocycles. The monoisotopic (exact) mass is 517 g/mol. The summed E-state index contributed by atoms with van der Waals surface area (Å²) in [5, 5.41) is 3.49. The number of halogens is 1. The third-order valence-electron chi connectivity index (χ3n) is 5.46. The van der Waals surface area contributed by atoms with Gasteiger partial charge in [-0.2, -0.15) is 0 Å². The van der Waals surface area contributed by atoms with E-state index in [1.807, 2.05) is 6.07 Å². The van der Waals surface area contributed by atoms with E-state index in [0.717, 1.165) is 77.5 Å². The molecule has 2 fully saturated rings. The first-order chi connectivity index (χ1) is 13.7. The minimum atomic E-state index is 0. The van der Waals surface area contributed by atoms with Gasteiger partial charge in [-0.05, 0) is 18.9 Å². The number of aliphatic imine (C=N–C) groups is 1. The largest absolute Gasteiger partial charge is 0.379 e. The lowest BCUT2D eigenvalue weighted by molar-refractivity contribution is 0.00862.